The average Bonchev–Trinajstić information content (AvgIpc) is 1.66. The summed E-state index contributed by atoms with van der Waals surface area (Å²) < 4.78 is 72.1. The number of rotatable bonds is 18. The molecular weight excluding hydrogens is 1460 g/mol. The number of carbonyl (C=O) groups excluding carboxylic acids is 4. The molecule has 109 heavy (non-hydrogen) atoms. The Kier molecular flexibility index (Phi) is 19.3. The molecule has 592 valence electrons. The first-order chi connectivity index (χ1) is 50.7. The monoisotopic (exact) mass is 1570 g/mol. The number of allylic oxidation sites excluding steroid dienone is 4. The van der Waals surface area contributed by atoms with Gasteiger partial charge in [-0.2, -0.15) is 13.2 Å². The zero-order chi connectivity index (χ0) is 79.1. The minimum absolute atomic E-state index is 0.0400. The van der Waals surface area contributed by atoms with Crippen LogP contribution in [0.4, 0.5) is 13.2 Å². The van der Waals surface area contributed by atoms with Gasteiger partial charge in [-0.05, 0) is 255 Å². The van der Waals surface area contributed by atoms with Crippen LogP contribution in [0.3, 0.4) is 0 Å². The molecule has 0 aromatic carbocycles. The molecule has 0 radical (unpaired) electrons. The third-order valence-corrected chi connectivity index (χ3v) is 33.2. The molecule has 22 heteroatoms. The normalized spacial score (nSPS) is 36.5. The van der Waals surface area contributed by atoms with E-state index in [4.69, 9.17) is 18.3 Å². The number of ether oxygens (including phenoxy) is 2. The van der Waals surface area contributed by atoms with E-state index in [2.05, 4.69) is 143 Å². The van der Waals surface area contributed by atoms with Gasteiger partial charge in [-0.15, -0.1) is 20.4 Å². The molecule has 10 aliphatic rings. The standard InChI is InChI=1S/C87H114BrF3N6O12/c1-46(2)67-55(98)39-85(41-63-94-96-71(108-63)52-22-18-48(88)45-92-52)36-34-81(14)50(69(67)85)20-25-60-80(13)31-29-62(77(9,10)58(80)27-33-84(60,81)17)107-66(101)44-78(11,74(104)105)38-54-49(87(89,90)91)19-23-53(93-54)72-97-95-64(109-72)42-86-37-35-82(15)51(70(86)68(47(3)4)56(99)40-86)21-24-59-79(12)30-28-61(106-65(100)43-75(5,6)73(102)103)76(7,8)57(79)26-32-83(59,82)16/h18-19,22-23,45-47,50-51,57-62H,20-21,24-44H2,1-17H3,(H,102,103)(H,104,105)/t50-,51-,57+,58+,59-,60-,61+,62+,78?,79+,80+,81-,82-,83-,84-,85+,86+/m1/s1. The number of carboxylic acid groups (broad SMARTS) is 2. The van der Waals surface area contributed by atoms with Crippen LogP contribution >= 0.6 is 15.9 Å². The van der Waals surface area contributed by atoms with Crippen molar-refractivity contribution in [1.82, 2.24) is 30.4 Å². The van der Waals surface area contributed by atoms with Gasteiger partial charge in [0, 0.05) is 64.4 Å². The quantitative estimate of drug-likeness (QED) is 0.0877. The third-order valence-electron chi connectivity index (χ3n) is 32.7. The number of alkyl halides is 3. The highest BCUT2D eigenvalue weighted by Crippen LogP contribution is 2.80. The topological polar surface area (TPSA) is 265 Å². The van der Waals surface area contributed by atoms with Crippen molar-refractivity contribution in [2.45, 2.75) is 284 Å². The Morgan fingerprint density at radius 3 is 1.42 bits per heavy atom. The molecule has 10 aliphatic carbocycles. The smallest absolute Gasteiger partial charge is 0.418 e. The van der Waals surface area contributed by atoms with Gasteiger partial charge in [-0.3, -0.25) is 28.8 Å². The number of pyridine rings is 2. The van der Waals surface area contributed by atoms with Crippen LogP contribution in [0.1, 0.15) is 269 Å². The van der Waals surface area contributed by atoms with Crippen LogP contribution in [-0.2, 0) is 63.7 Å². The van der Waals surface area contributed by atoms with Gasteiger partial charge in [-0.25, -0.2) is 9.97 Å². The van der Waals surface area contributed by atoms with Gasteiger partial charge in [-0.1, -0.05) is 108 Å². The molecule has 0 bridgehead atoms. The number of fused-ring (bicyclic) bond motifs is 14. The number of aromatic nitrogens is 6. The first kappa shape index (κ1) is 79.2. The Balaban J connectivity index is 0.662. The Bertz CT molecular complexity index is 4440. The number of halogens is 4. The molecule has 0 amide bonds. The number of ketones is 2. The molecule has 4 aromatic heterocycles. The zero-order valence-corrected chi connectivity index (χ0v) is 68.7. The van der Waals surface area contributed by atoms with E-state index in [9.17, 15) is 39.0 Å². The first-order valence-electron chi connectivity index (χ1n) is 40.4. The molecule has 8 fully saturated rings. The molecule has 17 atom stereocenters. The molecule has 18 nitrogen and oxygen atoms in total. The van der Waals surface area contributed by atoms with E-state index >= 15 is 13.2 Å². The molecule has 0 aliphatic heterocycles. The molecule has 0 saturated heterocycles. The van der Waals surface area contributed by atoms with Gasteiger partial charge in [0.15, 0.2) is 11.6 Å². The van der Waals surface area contributed by atoms with E-state index in [1.165, 1.54) is 18.1 Å². The van der Waals surface area contributed by atoms with E-state index in [1.54, 1.807) is 20.0 Å². The number of carbonyl (C=O) groups is 6. The van der Waals surface area contributed by atoms with Crippen molar-refractivity contribution in [2.24, 2.45) is 112 Å². The number of hydrogen-bond acceptors (Lipinski definition) is 16. The summed E-state index contributed by atoms with van der Waals surface area (Å²) >= 11 is 3.46. The minimum Gasteiger partial charge on any atom is -0.481 e. The second-order valence-corrected chi connectivity index (χ2v) is 41.0. The predicted molar refractivity (Wildman–Crippen MR) is 404 cm³/mol. The van der Waals surface area contributed by atoms with E-state index in [-0.39, 0.29) is 128 Å². The lowest BCUT2D eigenvalue weighted by molar-refractivity contribution is -0.233. The molecule has 2 N–H and O–H groups in total. The maximum absolute atomic E-state index is 15.3. The number of Topliss-reactive ketones (excluding diaryl/α,β-unsaturated/α-hetero) is 2. The highest BCUT2D eigenvalue weighted by molar-refractivity contribution is 9.10. The SMILES string of the molecule is CC(C)C1=C2[C@H]3CC[C@@H]4[C@@]5(C)CC[C@H](OC(=O)CC(C)(Cc6nc(-c7nnc(C[C@@]89CC[C@]%10(C)[C@H](CC[C@@H]%11[C@@]%12(C)CC[C@H](OC(=O)CC(C)(C)C(=O)O)C(C)(C)[C@@H]%12CC[C@]%11%10C)C8=C(C(C)C)C(=O)C9)o7)ccc6C(F)(F)F)C(=O)O)C(C)(C)[C@@H]5CC[C@@]4(C)[C@]3(C)CC[C@@]2(Cc2nnc(-c3ccc(Br)cn3)o2)CC1=O. The van der Waals surface area contributed by atoms with E-state index in [1.807, 2.05) is 12.1 Å². The molecular formula is C87H114BrF3N6O12. The number of aliphatic carboxylic acids is 2. The van der Waals surface area contributed by atoms with E-state index in [0.717, 1.165) is 111 Å². The molecule has 0 spiro atoms. The number of carboxylic acids is 2. The van der Waals surface area contributed by atoms with Crippen LogP contribution in [0.2, 0.25) is 0 Å². The molecule has 14 rings (SSSR count). The van der Waals surface area contributed by atoms with Crippen molar-refractivity contribution < 1.29 is 70.5 Å². The minimum atomic E-state index is -4.96. The lowest BCUT2D eigenvalue weighted by Crippen LogP contribution is -2.65. The highest BCUT2D eigenvalue weighted by atomic mass is 79.9. The lowest BCUT2D eigenvalue weighted by atomic mass is 9.33. The van der Waals surface area contributed by atoms with E-state index < -0.39 is 87.3 Å². The fourth-order valence-corrected chi connectivity index (χ4v) is 27.2. The van der Waals surface area contributed by atoms with Crippen LogP contribution in [0.5, 0.6) is 0 Å². The van der Waals surface area contributed by atoms with Crippen LogP contribution in [0.15, 0.2) is 66.1 Å². The van der Waals surface area contributed by atoms with Gasteiger partial charge in [0.25, 0.3) is 11.8 Å². The molecule has 1 unspecified atom stereocenters. The second-order valence-electron chi connectivity index (χ2n) is 40.1. The second kappa shape index (κ2) is 26.6. The maximum Gasteiger partial charge on any atom is 0.418 e. The third kappa shape index (κ3) is 12.3. The van der Waals surface area contributed by atoms with E-state index in [0.29, 0.717) is 61.4 Å². The van der Waals surface area contributed by atoms with Crippen molar-refractivity contribution >= 4 is 51.4 Å². The van der Waals surface area contributed by atoms with Crippen molar-refractivity contribution in [2.75, 3.05) is 0 Å². The van der Waals surface area contributed by atoms with Gasteiger partial charge >= 0.3 is 30.1 Å². The molecule has 4 aromatic rings. The maximum atomic E-state index is 15.3. The summed E-state index contributed by atoms with van der Waals surface area (Å²) in [6, 6.07) is 5.72. The van der Waals surface area contributed by atoms with Crippen molar-refractivity contribution in [3.63, 3.8) is 0 Å². The van der Waals surface area contributed by atoms with Gasteiger partial charge in [0.1, 0.15) is 23.6 Å². The molecule has 8 saturated carbocycles. The van der Waals surface area contributed by atoms with Crippen LogP contribution in [-0.4, -0.2) is 88.2 Å². The predicted octanol–water partition coefficient (Wildman–Crippen LogP) is 19.5. The summed E-state index contributed by atoms with van der Waals surface area (Å²) in [5.74, 6) is -1.39. The zero-order valence-electron chi connectivity index (χ0n) is 67.1. The highest BCUT2D eigenvalue weighted by Gasteiger charge is 2.73. The van der Waals surface area contributed by atoms with Crippen molar-refractivity contribution in [3.05, 3.63) is 80.3 Å². The number of nitrogens with zero attached hydrogens (tertiary/aromatic N) is 6. The summed E-state index contributed by atoms with van der Waals surface area (Å²) in [5.41, 5.74) is -3.16. The Morgan fingerprint density at radius 2 is 1.00 bits per heavy atom. The fourth-order valence-electron chi connectivity index (χ4n) is 27.0. The van der Waals surface area contributed by atoms with Crippen LogP contribution in [0.25, 0.3) is 23.2 Å². The number of esters is 2. The Morgan fingerprint density at radius 1 is 0.550 bits per heavy atom. The van der Waals surface area contributed by atoms with Crippen LogP contribution < -0.4 is 0 Å². The number of hydrogen-bond donors (Lipinski definition) is 2. The summed E-state index contributed by atoms with van der Waals surface area (Å²) in [7, 11) is 0. The summed E-state index contributed by atoms with van der Waals surface area (Å²) in [6.07, 6.45) is 8.93. The summed E-state index contributed by atoms with van der Waals surface area (Å²) in [5, 5.41) is 38.7. The lowest BCUT2D eigenvalue weighted by Gasteiger charge is -2.72. The fraction of sp³-hybridized carbons (Fsp3) is 0.724. The Labute approximate surface area is 648 Å². The summed E-state index contributed by atoms with van der Waals surface area (Å²) in [6.45, 7) is 36.4. The van der Waals surface area contributed by atoms with Crippen molar-refractivity contribution in [1.29, 1.82) is 0 Å². The largest absolute Gasteiger partial charge is 0.481 e. The molecule has 4 heterocycles. The average molecular weight is 1570 g/mol. The van der Waals surface area contributed by atoms with Gasteiger partial charge in [0.05, 0.1) is 34.9 Å². The van der Waals surface area contributed by atoms with Gasteiger partial charge < -0.3 is 28.5 Å². The summed E-state index contributed by atoms with van der Waals surface area (Å²) in [4.78, 5) is 91.7. The van der Waals surface area contributed by atoms with Crippen molar-refractivity contribution in [3.8, 4) is 23.2 Å². The van der Waals surface area contributed by atoms with Crippen LogP contribution in [0, 0.1) is 112 Å². The first-order valence-corrected chi connectivity index (χ1v) is 41.2. The van der Waals surface area contributed by atoms with Gasteiger partial charge in [0.2, 0.25) is 11.8 Å². The Hall–Kier alpha value is -6.45.